The first-order valence-electron chi connectivity index (χ1n) is 3.89. The van der Waals surface area contributed by atoms with E-state index in [2.05, 4.69) is 0 Å². The van der Waals surface area contributed by atoms with Crippen LogP contribution in [0.2, 0.25) is 0 Å². The van der Waals surface area contributed by atoms with E-state index >= 15 is 0 Å². The summed E-state index contributed by atoms with van der Waals surface area (Å²) in [6.07, 6.45) is -3.92. The zero-order valence-electron chi connectivity index (χ0n) is 7.52. The molecule has 0 aliphatic heterocycles. The molecule has 3 nitrogen and oxygen atoms in total. The molecule has 0 saturated heterocycles. The van der Waals surface area contributed by atoms with Crippen LogP contribution in [-0.4, -0.2) is 24.2 Å². The maximum absolute atomic E-state index is 11.7. The molecule has 1 aliphatic carbocycles. The summed E-state index contributed by atoms with van der Waals surface area (Å²) in [6, 6.07) is 0. The van der Waals surface area contributed by atoms with Crippen molar-refractivity contribution in [3.05, 3.63) is 0 Å². The molecule has 1 amide bonds. The van der Waals surface area contributed by atoms with Crippen molar-refractivity contribution < 1.29 is 18.0 Å². The predicted octanol–water partition coefficient (Wildman–Crippen LogP) is 0.824. The maximum Gasteiger partial charge on any atom is 0.405 e. The first-order valence-corrected chi connectivity index (χ1v) is 3.89. The number of hydrogen-bond donors (Lipinski definition) is 2. The summed E-state index contributed by atoms with van der Waals surface area (Å²) in [7, 11) is 0. The monoisotopic (exact) mass is 232 g/mol. The van der Waals surface area contributed by atoms with Gasteiger partial charge in [-0.1, -0.05) is 6.92 Å². The minimum absolute atomic E-state index is 0. The average molecular weight is 233 g/mol. The number of alkyl halides is 3. The summed E-state index contributed by atoms with van der Waals surface area (Å²) in [5.74, 6) is -0.738. The van der Waals surface area contributed by atoms with Gasteiger partial charge in [0.1, 0.15) is 6.54 Å². The largest absolute Gasteiger partial charge is 0.405 e. The van der Waals surface area contributed by atoms with Crippen molar-refractivity contribution in [1.82, 2.24) is 5.32 Å². The van der Waals surface area contributed by atoms with Gasteiger partial charge in [0.05, 0.1) is 5.54 Å². The Kier molecular flexibility index (Phi) is 3.80. The fourth-order valence-electron chi connectivity index (χ4n) is 1.11. The van der Waals surface area contributed by atoms with E-state index in [-0.39, 0.29) is 18.3 Å². The Labute approximate surface area is 85.6 Å². The van der Waals surface area contributed by atoms with Crippen LogP contribution in [0, 0.1) is 5.92 Å². The lowest BCUT2D eigenvalue weighted by Gasteiger charge is -2.12. The average Bonchev–Trinajstić information content (AvgIpc) is 2.55. The zero-order valence-corrected chi connectivity index (χ0v) is 8.34. The van der Waals surface area contributed by atoms with Gasteiger partial charge in [0, 0.05) is 0 Å². The van der Waals surface area contributed by atoms with Crippen LogP contribution >= 0.6 is 12.4 Å². The normalized spacial score (nSPS) is 30.5. The molecule has 0 radical (unpaired) electrons. The third kappa shape index (κ3) is 3.02. The van der Waals surface area contributed by atoms with Gasteiger partial charge in [-0.25, -0.2) is 0 Å². The summed E-state index contributed by atoms with van der Waals surface area (Å²) in [5.41, 5.74) is 4.42. The van der Waals surface area contributed by atoms with Crippen molar-refractivity contribution in [1.29, 1.82) is 0 Å². The molecule has 2 unspecified atom stereocenters. The molecular weight excluding hydrogens is 221 g/mol. The topological polar surface area (TPSA) is 55.1 Å². The molecule has 2 atom stereocenters. The molecule has 1 fully saturated rings. The number of nitrogens with one attached hydrogen (secondary N) is 1. The number of amides is 1. The van der Waals surface area contributed by atoms with E-state index in [1.165, 1.54) is 0 Å². The highest BCUT2D eigenvalue weighted by Gasteiger charge is 2.54. The van der Waals surface area contributed by atoms with E-state index in [1.807, 2.05) is 0 Å². The van der Waals surface area contributed by atoms with Crippen LogP contribution in [0.25, 0.3) is 0 Å². The molecule has 0 bridgehead atoms. The lowest BCUT2D eigenvalue weighted by molar-refractivity contribution is -0.139. The highest BCUT2D eigenvalue weighted by atomic mass is 35.5. The van der Waals surface area contributed by atoms with Gasteiger partial charge < -0.3 is 11.1 Å². The first-order chi connectivity index (χ1) is 5.76. The summed E-state index contributed by atoms with van der Waals surface area (Å²) < 4.78 is 35.0. The van der Waals surface area contributed by atoms with E-state index in [0.717, 1.165) is 0 Å². The van der Waals surface area contributed by atoms with Crippen molar-refractivity contribution in [2.75, 3.05) is 6.54 Å². The number of rotatable bonds is 2. The van der Waals surface area contributed by atoms with Crippen molar-refractivity contribution in [2.45, 2.75) is 25.1 Å². The van der Waals surface area contributed by atoms with Gasteiger partial charge in [-0.3, -0.25) is 4.79 Å². The highest BCUT2D eigenvalue weighted by molar-refractivity contribution is 5.89. The number of carbonyl (C=O) groups excluding carboxylic acids is 1. The Morgan fingerprint density at radius 1 is 1.64 bits per heavy atom. The SMILES string of the molecule is CC1CC1(N)C(=O)NCC(F)(F)F.Cl. The van der Waals surface area contributed by atoms with Gasteiger partial charge in [0.25, 0.3) is 0 Å². The fourth-order valence-corrected chi connectivity index (χ4v) is 1.11. The Hall–Kier alpha value is -0.490. The summed E-state index contributed by atoms with van der Waals surface area (Å²) in [4.78, 5) is 11.0. The Morgan fingerprint density at radius 3 is 2.36 bits per heavy atom. The van der Waals surface area contributed by atoms with Crippen molar-refractivity contribution >= 4 is 18.3 Å². The van der Waals surface area contributed by atoms with Gasteiger partial charge >= 0.3 is 6.18 Å². The smallest absolute Gasteiger partial charge is 0.345 e. The molecule has 1 aliphatic rings. The number of nitrogens with two attached hydrogens (primary N) is 1. The molecule has 84 valence electrons. The highest BCUT2D eigenvalue weighted by Crippen LogP contribution is 2.40. The molecule has 1 rings (SSSR count). The van der Waals surface area contributed by atoms with Gasteiger partial charge in [-0.05, 0) is 12.3 Å². The zero-order chi connectivity index (χ0) is 10.3. The van der Waals surface area contributed by atoms with Crippen LogP contribution < -0.4 is 11.1 Å². The van der Waals surface area contributed by atoms with Crippen LogP contribution in [0.15, 0.2) is 0 Å². The van der Waals surface area contributed by atoms with E-state index in [0.29, 0.717) is 6.42 Å². The molecule has 0 spiro atoms. The Bertz CT molecular complexity index is 233. The van der Waals surface area contributed by atoms with Gasteiger partial charge in [0.2, 0.25) is 5.91 Å². The minimum atomic E-state index is -4.37. The Balaban J connectivity index is 0.00000169. The summed E-state index contributed by atoms with van der Waals surface area (Å²) in [6.45, 7) is 0.421. The molecule has 0 aromatic heterocycles. The number of halogens is 4. The lowest BCUT2D eigenvalue weighted by atomic mass is 10.2. The van der Waals surface area contributed by atoms with Crippen LogP contribution in [0.3, 0.4) is 0 Å². The van der Waals surface area contributed by atoms with E-state index < -0.39 is 24.2 Å². The summed E-state index contributed by atoms with van der Waals surface area (Å²) in [5, 5.41) is 1.77. The molecule has 0 heterocycles. The lowest BCUT2D eigenvalue weighted by Crippen LogP contribution is -2.47. The van der Waals surface area contributed by atoms with Crippen LogP contribution in [0.1, 0.15) is 13.3 Å². The predicted molar refractivity (Wildman–Crippen MR) is 47.0 cm³/mol. The molecule has 1 saturated carbocycles. The van der Waals surface area contributed by atoms with Gasteiger partial charge in [-0.2, -0.15) is 13.2 Å². The first kappa shape index (κ1) is 13.5. The third-order valence-corrected chi connectivity index (χ3v) is 2.24. The second-order valence-electron chi connectivity index (χ2n) is 3.44. The molecule has 0 aromatic carbocycles. The fraction of sp³-hybridized carbons (Fsp3) is 0.857. The van der Waals surface area contributed by atoms with Crippen LogP contribution in [0.4, 0.5) is 13.2 Å². The van der Waals surface area contributed by atoms with Crippen molar-refractivity contribution in [3.63, 3.8) is 0 Å². The molecule has 3 N–H and O–H groups in total. The van der Waals surface area contributed by atoms with E-state index in [4.69, 9.17) is 5.73 Å². The van der Waals surface area contributed by atoms with Crippen molar-refractivity contribution in [3.8, 4) is 0 Å². The van der Waals surface area contributed by atoms with Crippen LogP contribution in [-0.2, 0) is 4.79 Å². The number of carbonyl (C=O) groups is 1. The van der Waals surface area contributed by atoms with Crippen LogP contribution in [0.5, 0.6) is 0 Å². The molecular formula is C7H12ClF3N2O. The van der Waals surface area contributed by atoms with E-state index in [9.17, 15) is 18.0 Å². The van der Waals surface area contributed by atoms with Crippen molar-refractivity contribution in [2.24, 2.45) is 11.7 Å². The second kappa shape index (κ2) is 3.94. The second-order valence-corrected chi connectivity index (χ2v) is 3.44. The molecule has 7 heteroatoms. The van der Waals surface area contributed by atoms with E-state index in [1.54, 1.807) is 12.2 Å². The Morgan fingerprint density at radius 2 is 2.07 bits per heavy atom. The third-order valence-electron chi connectivity index (χ3n) is 2.24. The molecule has 14 heavy (non-hydrogen) atoms. The quantitative estimate of drug-likeness (QED) is 0.741. The standard InChI is InChI=1S/C7H11F3N2O.ClH/c1-4-2-6(4,11)5(13)12-3-7(8,9)10;/h4H,2-3,11H2,1H3,(H,12,13);1H. The number of hydrogen-bond acceptors (Lipinski definition) is 2. The maximum atomic E-state index is 11.7. The van der Waals surface area contributed by atoms with Gasteiger partial charge in [0.15, 0.2) is 0 Å². The minimum Gasteiger partial charge on any atom is -0.345 e. The summed E-state index contributed by atoms with van der Waals surface area (Å²) >= 11 is 0. The van der Waals surface area contributed by atoms with Gasteiger partial charge in [-0.15, -0.1) is 12.4 Å². The molecule has 0 aromatic rings.